The highest BCUT2D eigenvalue weighted by atomic mass is 35.5. The largest absolute Gasteiger partial charge is 0.494 e. The van der Waals surface area contributed by atoms with Crippen LogP contribution in [0.3, 0.4) is 0 Å². The van der Waals surface area contributed by atoms with Gasteiger partial charge in [-0.2, -0.15) is 0 Å². The van der Waals surface area contributed by atoms with Crippen LogP contribution >= 0.6 is 12.4 Å². The summed E-state index contributed by atoms with van der Waals surface area (Å²) in [5.41, 5.74) is 3.19. The molecule has 1 atom stereocenters. The second-order valence-electron chi connectivity index (χ2n) is 7.74. The van der Waals surface area contributed by atoms with Gasteiger partial charge in [-0.3, -0.25) is 14.8 Å². The SMILES string of the molecule is Cl.O=C(NO)c1ccc(C#CCNC(=O)c2cc3cc(OCCC4CCCN4)ccc3o2)cc1. The molecule has 2 amide bonds. The van der Waals surface area contributed by atoms with Crippen LogP contribution in [0.2, 0.25) is 0 Å². The monoisotopic (exact) mass is 483 g/mol. The predicted octanol–water partition coefficient (Wildman–Crippen LogP) is 3.28. The summed E-state index contributed by atoms with van der Waals surface area (Å²) >= 11 is 0. The fourth-order valence-electron chi connectivity index (χ4n) is 3.67. The van der Waals surface area contributed by atoms with Crippen LogP contribution < -0.4 is 20.9 Å². The number of fused-ring (bicyclic) bond motifs is 1. The van der Waals surface area contributed by atoms with Crippen LogP contribution in [0.5, 0.6) is 5.75 Å². The first kappa shape index (κ1) is 25.1. The van der Waals surface area contributed by atoms with Gasteiger partial charge in [-0.15, -0.1) is 12.4 Å². The van der Waals surface area contributed by atoms with Crippen LogP contribution in [0.1, 0.15) is 45.7 Å². The van der Waals surface area contributed by atoms with Gasteiger partial charge >= 0.3 is 0 Å². The molecule has 0 bridgehead atoms. The van der Waals surface area contributed by atoms with Crippen molar-refractivity contribution in [2.24, 2.45) is 0 Å². The number of amides is 2. The van der Waals surface area contributed by atoms with Gasteiger partial charge in [0, 0.05) is 22.6 Å². The standard InChI is InChI=1S/C25H25N3O5.ClH/c29-24(28-31)18-7-5-17(6-8-18)3-1-13-27-25(30)23-16-19-15-21(9-10-22(19)33-23)32-14-11-20-4-2-12-26-20;/h5-10,15-16,20,26,31H,2,4,11-14H2,(H,27,30)(H,28,29);1H. The second-order valence-corrected chi connectivity index (χ2v) is 7.74. The number of ether oxygens (including phenoxy) is 1. The Bertz CT molecular complexity index is 1190. The van der Waals surface area contributed by atoms with Gasteiger partial charge in [-0.1, -0.05) is 11.8 Å². The van der Waals surface area contributed by atoms with Crippen LogP contribution in [-0.4, -0.2) is 42.8 Å². The summed E-state index contributed by atoms with van der Waals surface area (Å²) in [6.07, 6.45) is 3.39. The summed E-state index contributed by atoms with van der Waals surface area (Å²) in [6, 6.07) is 14.1. The highest BCUT2D eigenvalue weighted by molar-refractivity contribution is 5.96. The third-order valence-corrected chi connectivity index (χ3v) is 5.43. The van der Waals surface area contributed by atoms with Crippen LogP contribution in [0.15, 0.2) is 52.9 Å². The first-order valence-corrected chi connectivity index (χ1v) is 10.8. The molecule has 1 aliphatic rings. The lowest BCUT2D eigenvalue weighted by atomic mass is 10.1. The fraction of sp³-hybridized carbons (Fsp3) is 0.280. The number of carbonyl (C=O) groups is 2. The maximum absolute atomic E-state index is 12.4. The van der Waals surface area contributed by atoms with E-state index in [1.54, 1.807) is 41.9 Å². The zero-order chi connectivity index (χ0) is 23.0. The van der Waals surface area contributed by atoms with E-state index in [2.05, 4.69) is 22.5 Å². The van der Waals surface area contributed by atoms with Crippen LogP contribution in [0.25, 0.3) is 11.0 Å². The topological polar surface area (TPSA) is 113 Å². The summed E-state index contributed by atoms with van der Waals surface area (Å²) < 4.78 is 11.5. The van der Waals surface area contributed by atoms with Gasteiger partial charge < -0.3 is 19.8 Å². The molecule has 178 valence electrons. The minimum atomic E-state index is -0.590. The zero-order valence-electron chi connectivity index (χ0n) is 18.4. The average Bonchev–Trinajstić information content (AvgIpc) is 3.51. The summed E-state index contributed by atoms with van der Waals surface area (Å²) in [5.74, 6) is 5.77. The number of rotatable bonds is 7. The van der Waals surface area contributed by atoms with Crippen LogP contribution in [0, 0.1) is 11.8 Å². The van der Waals surface area contributed by atoms with Crippen molar-refractivity contribution in [1.29, 1.82) is 0 Å². The summed E-state index contributed by atoms with van der Waals surface area (Å²) in [5, 5.41) is 15.6. The highest BCUT2D eigenvalue weighted by Crippen LogP contribution is 2.24. The van der Waals surface area contributed by atoms with E-state index < -0.39 is 5.91 Å². The smallest absolute Gasteiger partial charge is 0.287 e. The van der Waals surface area contributed by atoms with Crippen molar-refractivity contribution in [2.75, 3.05) is 19.7 Å². The van der Waals surface area contributed by atoms with Crippen molar-refractivity contribution in [1.82, 2.24) is 16.1 Å². The van der Waals surface area contributed by atoms with Crippen LogP contribution in [0.4, 0.5) is 0 Å². The predicted molar refractivity (Wildman–Crippen MR) is 130 cm³/mol. The van der Waals surface area contributed by atoms with E-state index in [4.69, 9.17) is 14.4 Å². The lowest BCUT2D eigenvalue weighted by Crippen LogP contribution is -2.23. The van der Waals surface area contributed by atoms with Gasteiger partial charge in [0.1, 0.15) is 11.3 Å². The van der Waals surface area contributed by atoms with E-state index in [1.807, 2.05) is 12.1 Å². The minimum Gasteiger partial charge on any atom is -0.494 e. The molecular formula is C25H26ClN3O5. The molecule has 0 radical (unpaired) electrons. The molecule has 4 N–H and O–H groups in total. The first-order chi connectivity index (χ1) is 16.1. The summed E-state index contributed by atoms with van der Waals surface area (Å²) in [4.78, 5) is 23.7. The lowest BCUT2D eigenvalue weighted by molar-refractivity contribution is 0.0706. The molecule has 1 aliphatic heterocycles. The average molecular weight is 484 g/mol. The van der Waals surface area contributed by atoms with Gasteiger partial charge in [0.25, 0.3) is 11.8 Å². The Morgan fingerprint density at radius 1 is 1.15 bits per heavy atom. The molecular weight excluding hydrogens is 458 g/mol. The van der Waals surface area contributed by atoms with Gasteiger partial charge in [0.15, 0.2) is 5.76 Å². The summed E-state index contributed by atoms with van der Waals surface area (Å²) in [6.45, 7) is 1.86. The van der Waals surface area contributed by atoms with Gasteiger partial charge in [-0.25, -0.2) is 5.48 Å². The van der Waals surface area contributed by atoms with E-state index in [9.17, 15) is 9.59 Å². The van der Waals surface area contributed by atoms with E-state index in [0.29, 0.717) is 29.4 Å². The van der Waals surface area contributed by atoms with E-state index in [0.717, 1.165) is 24.1 Å². The maximum atomic E-state index is 12.4. The van der Waals surface area contributed by atoms with E-state index in [-0.39, 0.29) is 30.6 Å². The quantitative estimate of drug-likeness (QED) is 0.233. The second kappa shape index (κ2) is 12.1. The number of carbonyl (C=O) groups excluding carboxylic acids is 2. The Hall–Kier alpha value is -3.51. The van der Waals surface area contributed by atoms with Gasteiger partial charge in [0.05, 0.1) is 13.2 Å². The van der Waals surface area contributed by atoms with Crippen molar-refractivity contribution >= 4 is 35.2 Å². The number of halogens is 1. The van der Waals surface area contributed by atoms with E-state index in [1.165, 1.54) is 12.8 Å². The van der Waals surface area contributed by atoms with Crippen LogP contribution in [-0.2, 0) is 0 Å². The number of nitrogens with one attached hydrogen (secondary N) is 3. The molecule has 34 heavy (non-hydrogen) atoms. The van der Waals surface area contributed by atoms with Crippen molar-refractivity contribution < 1.29 is 24.0 Å². The number of furan rings is 1. The molecule has 0 saturated carbocycles. The highest BCUT2D eigenvalue weighted by Gasteiger charge is 2.14. The Morgan fingerprint density at radius 2 is 1.97 bits per heavy atom. The Kier molecular flexibility index (Phi) is 8.93. The van der Waals surface area contributed by atoms with Crippen molar-refractivity contribution in [3.8, 4) is 17.6 Å². The van der Waals surface area contributed by atoms with Gasteiger partial charge in [-0.05, 0) is 74.3 Å². The Balaban J connectivity index is 0.00000324. The number of hydrogen-bond acceptors (Lipinski definition) is 6. The van der Waals surface area contributed by atoms with Crippen molar-refractivity contribution in [2.45, 2.75) is 25.3 Å². The third kappa shape index (κ3) is 6.51. The number of hydroxylamine groups is 1. The normalized spacial score (nSPS) is 14.6. The molecule has 0 aliphatic carbocycles. The molecule has 3 aromatic rings. The number of benzene rings is 2. The molecule has 1 fully saturated rings. The molecule has 1 saturated heterocycles. The molecule has 0 spiro atoms. The fourth-order valence-corrected chi connectivity index (χ4v) is 3.67. The zero-order valence-corrected chi connectivity index (χ0v) is 19.2. The van der Waals surface area contributed by atoms with Crippen molar-refractivity contribution in [3.63, 3.8) is 0 Å². The molecule has 1 unspecified atom stereocenters. The molecule has 1 aromatic heterocycles. The third-order valence-electron chi connectivity index (χ3n) is 5.43. The molecule has 8 nitrogen and oxygen atoms in total. The Morgan fingerprint density at radius 3 is 2.71 bits per heavy atom. The minimum absolute atomic E-state index is 0. The Labute approximate surface area is 203 Å². The lowest BCUT2D eigenvalue weighted by Gasteiger charge is -2.11. The molecule has 2 aromatic carbocycles. The van der Waals surface area contributed by atoms with Crippen molar-refractivity contribution in [3.05, 3.63) is 65.4 Å². The maximum Gasteiger partial charge on any atom is 0.287 e. The molecule has 9 heteroatoms. The van der Waals surface area contributed by atoms with Gasteiger partial charge in [0.2, 0.25) is 0 Å². The molecule has 2 heterocycles. The first-order valence-electron chi connectivity index (χ1n) is 10.8. The number of hydrogen-bond donors (Lipinski definition) is 4. The summed E-state index contributed by atoms with van der Waals surface area (Å²) in [7, 11) is 0. The molecule has 4 rings (SSSR count). The van der Waals surface area contributed by atoms with E-state index >= 15 is 0 Å².